The topological polar surface area (TPSA) is 71.5 Å². The number of pyridine rings is 1. The van der Waals surface area contributed by atoms with Crippen LogP contribution in [0.2, 0.25) is 0 Å². The van der Waals surface area contributed by atoms with Crippen LogP contribution in [0.3, 0.4) is 0 Å². The number of aromatic nitrogens is 1. The summed E-state index contributed by atoms with van der Waals surface area (Å²) in [5.74, 6) is -0.308. The lowest BCUT2D eigenvalue weighted by atomic mass is 10.1. The predicted octanol–water partition coefficient (Wildman–Crippen LogP) is 4.45. The second-order valence-corrected chi connectivity index (χ2v) is 6.15. The molecule has 1 aromatic rings. The minimum atomic E-state index is -0.359. The zero-order valence-corrected chi connectivity index (χ0v) is 15.1. The van der Waals surface area contributed by atoms with E-state index in [1.54, 1.807) is 0 Å². The number of amides is 1. The minimum Gasteiger partial charge on any atom is -0.503 e. The molecule has 1 heterocycles. The summed E-state index contributed by atoms with van der Waals surface area (Å²) in [7, 11) is 1.44. The quantitative estimate of drug-likeness (QED) is 0.522. The maximum absolute atomic E-state index is 12.0. The number of methoxy groups -OCH3 is 1. The van der Waals surface area contributed by atoms with Crippen molar-refractivity contribution in [3.63, 3.8) is 0 Å². The van der Waals surface area contributed by atoms with Gasteiger partial charge in [-0.3, -0.25) is 4.79 Å². The van der Waals surface area contributed by atoms with Crippen LogP contribution in [-0.4, -0.2) is 29.7 Å². The van der Waals surface area contributed by atoms with E-state index in [4.69, 9.17) is 4.74 Å². The van der Waals surface area contributed by atoms with E-state index in [1.165, 1.54) is 70.7 Å². The van der Waals surface area contributed by atoms with Gasteiger partial charge >= 0.3 is 0 Å². The summed E-state index contributed by atoms with van der Waals surface area (Å²) >= 11 is 0. The molecule has 0 bridgehead atoms. The van der Waals surface area contributed by atoms with Gasteiger partial charge in [0.05, 0.1) is 7.11 Å². The molecule has 0 atom stereocenters. The number of unbranched alkanes of at least 4 members (excludes halogenated alkanes) is 9. The maximum Gasteiger partial charge on any atom is 0.273 e. The summed E-state index contributed by atoms with van der Waals surface area (Å²) in [5, 5.41) is 12.7. The SMILES string of the molecule is CCCCCCCCCCCCNC(=O)c1nccc(OC)c1O. The molecule has 0 saturated carbocycles. The molecule has 0 aliphatic rings. The molecular formula is C19H32N2O3. The lowest BCUT2D eigenvalue weighted by molar-refractivity contribution is 0.0944. The van der Waals surface area contributed by atoms with Gasteiger partial charge in [0.25, 0.3) is 5.91 Å². The fourth-order valence-electron chi connectivity index (χ4n) is 2.67. The van der Waals surface area contributed by atoms with Gasteiger partial charge in [-0.2, -0.15) is 0 Å². The van der Waals surface area contributed by atoms with Crippen molar-refractivity contribution in [2.24, 2.45) is 0 Å². The van der Waals surface area contributed by atoms with Crippen LogP contribution in [-0.2, 0) is 0 Å². The third kappa shape index (κ3) is 7.66. The van der Waals surface area contributed by atoms with Crippen LogP contribution < -0.4 is 10.1 Å². The highest BCUT2D eigenvalue weighted by Gasteiger charge is 2.15. The molecule has 1 amide bonds. The Balaban J connectivity index is 2.08. The molecule has 0 radical (unpaired) electrons. The van der Waals surface area contributed by atoms with Crippen LogP contribution >= 0.6 is 0 Å². The molecule has 0 aliphatic heterocycles. The van der Waals surface area contributed by atoms with E-state index in [9.17, 15) is 9.90 Å². The number of hydrogen-bond acceptors (Lipinski definition) is 4. The van der Waals surface area contributed by atoms with Gasteiger partial charge in [0, 0.05) is 18.8 Å². The van der Waals surface area contributed by atoms with Gasteiger partial charge in [0.15, 0.2) is 17.2 Å². The zero-order valence-electron chi connectivity index (χ0n) is 15.1. The molecule has 136 valence electrons. The molecule has 2 N–H and O–H groups in total. The van der Waals surface area contributed by atoms with E-state index in [-0.39, 0.29) is 23.1 Å². The zero-order chi connectivity index (χ0) is 17.6. The van der Waals surface area contributed by atoms with Crippen molar-refractivity contribution in [3.05, 3.63) is 18.0 Å². The molecule has 5 heteroatoms. The molecule has 0 fully saturated rings. The van der Waals surface area contributed by atoms with Gasteiger partial charge in [-0.25, -0.2) is 4.98 Å². The van der Waals surface area contributed by atoms with E-state index in [0.717, 1.165) is 12.8 Å². The largest absolute Gasteiger partial charge is 0.503 e. The molecule has 0 aromatic carbocycles. The molecule has 1 aromatic heterocycles. The summed E-state index contributed by atoms with van der Waals surface area (Å²) in [4.78, 5) is 15.9. The van der Waals surface area contributed by atoms with E-state index >= 15 is 0 Å². The highest BCUT2D eigenvalue weighted by molar-refractivity contribution is 5.95. The van der Waals surface area contributed by atoms with Crippen molar-refractivity contribution in [1.29, 1.82) is 0 Å². The Morgan fingerprint density at radius 3 is 2.25 bits per heavy atom. The Morgan fingerprint density at radius 1 is 1.08 bits per heavy atom. The van der Waals surface area contributed by atoms with Crippen molar-refractivity contribution < 1.29 is 14.6 Å². The van der Waals surface area contributed by atoms with E-state index in [1.807, 2.05) is 0 Å². The number of ether oxygens (including phenoxy) is 1. The van der Waals surface area contributed by atoms with Gasteiger partial charge < -0.3 is 15.2 Å². The first-order chi connectivity index (χ1) is 11.7. The minimum absolute atomic E-state index is 0.0152. The Hall–Kier alpha value is -1.78. The first-order valence-corrected chi connectivity index (χ1v) is 9.20. The lowest BCUT2D eigenvalue weighted by Gasteiger charge is -2.08. The number of nitrogens with zero attached hydrogens (tertiary/aromatic N) is 1. The fraction of sp³-hybridized carbons (Fsp3) is 0.684. The monoisotopic (exact) mass is 336 g/mol. The van der Waals surface area contributed by atoms with Gasteiger partial charge in [-0.05, 0) is 6.42 Å². The average molecular weight is 336 g/mol. The van der Waals surface area contributed by atoms with Crippen LogP contribution in [0.4, 0.5) is 0 Å². The van der Waals surface area contributed by atoms with E-state index in [0.29, 0.717) is 6.54 Å². The molecule has 0 spiro atoms. The first-order valence-electron chi connectivity index (χ1n) is 9.20. The van der Waals surface area contributed by atoms with E-state index in [2.05, 4.69) is 17.2 Å². The smallest absolute Gasteiger partial charge is 0.273 e. The number of rotatable bonds is 13. The van der Waals surface area contributed by atoms with Crippen LogP contribution in [0.1, 0.15) is 81.6 Å². The van der Waals surface area contributed by atoms with Crippen molar-refractivity contribution in [2.75, 3.05) is 13.7 Å². The molecule has 1 rings (SSSR count). The fourth-order valence-corrected chi connectivity index (χ4v) is 2.67. The van der Waals surface area contributed by atoms with E-state index < -0.39 is 0 Å². The normalized spacial score (nSPS) is 10.6. The van der Waals surface area contributed by atoms with Crippen molar-refractivity contribution >= 4 is 5.91 Å². The second kappa shape index (κ2) is 12.6. The molecule has 0 aliphatic carbocycles. The molecule has 0 unspecified atom stereocenters. The number of aromatic hydroxyl groups is 1. The standard InChI is InChI=1S/C19H32N2O3/c1-3-4-5-6-7-8-9-10-11-12-14-21-19(23)17-18(22)16(24-2)13-15-20-17/h13,15,22H,3-12,14H2,1-2H3,(H,21,23). The number of carbonyl (C=O) groups excluding carboxylic acids is 1. The van der Waals surface area contributed by atoms with Gasteiger partial charge in [-0.15, -0.1) is 0 Å². The number of nitrogens with one attached hydrogen (secondary N) is 1. The highest BCUT2D eigenvalue weighted by Crippen LogP contribution is 2.27. The van der Waals surface area contributed by atoms with Gasteiger partial charge in [0.2, 0.25) is 0 Å². The maximum atomic E-state index is 12.0. The van der Waals surface area contributed by atoms with Gasteiger partial charge in [0.1, 0.15) is 0 Å². The third-order valence-corrected chi connectivity index (χ3v) is 4.14. The Kier molecular flexibility index (Phi) is 10.7. The van der Waals surface area contributed by atoms with Crippen molar-refractivity contribution in [3.8, 4) is 11.5 Å². The summed E-state index contributed by atoms with van der Waals surface area (Å²) in [5.41, 5.74) is 0.0152. The summed E-state index contributed by atoms with van der Waals surface area (Å²) in [6.45, 7) is 2.85. The average Bonchev–Trinajstić information content (AvgIpc) is 2.59. The first kappa shape index (κ1) is 20.3. The summed E-state index contributed by atoms with van der Waals surface area (Å²) < 4.78 is 4.98. The summed E-state index contributed by atoms with van der Waals surface area (Å²) in [6.07, 6.45) is 14.1. The number of hydrogen-bond donors (Lipinski definition) is 2. The third-order valence-electron chi connectivity index (χ3n) is 4.14. The van der Waals surface area contributed by atoms with Crippen molar-refractivity contribution in [1.82, 2.24) is 10.3 Å². The molecular weight excluding hydrogens is 304 g/mol. The second-order valence-electron chi connectivity index (χ2n) is 6.15. The van der Waals surface area contributed by atoms with Crippen LogP contribution in [0.5, 0.6) is 11.5 Å². The van der Waals surface area contributed by atoms with Gasteiger partial charge in [-0.1, -0.05) is 64.7 Å². The predicted molar refractivity (Wildman–Crippen MR) is 96.6 cm³/mol. The Morgan fingerprint density at radius 2 is 1.67 bits per heavy atom. The Labute approximate surface area is 145 Å². The number of carbonyl (C=O) groups is 1. The van der Waals surface area contributed by atoms with Crippen LogP contribution in [0.15, 0.2) is 12.3 Å². The Bertz CT molecular complexity index is 478. The summed E-state index contributed by atoms with van der Waals surface area (Å²) in [6, 6.07) is 1.52. The molecule has 0 saturated heterocycles. The molecule has 24 heavy (non-hydrogen) atoms. The molecule has 5 nitrogen and oxygen atoms in total. The highest BCUT2D eigenvalue weighted by atomic mass is 16.5. The lowest BCUT2D eigenvalue weighted by Crippen LogP contribution is -2.25. The van der Waals surface area contributed by atoms with Crippen molar-refractivity contribution in [2.45, 2.75) is 71.1 Å². The van der Waals surface area contributed by atoms with Crippen LogP contribution in [0, 0.1) is 0 Å². The van der Waals surface area contributed by atoms with Crippen LogP contribution in [0.25, 0.3) is 0 Å².